The van der Waals surface area contributed by atoms with Gasteiger partial charge >= 0.3 is 6.18 Å². The highest BCUT2D eigenvalue weighted by molar-refractivity contribution is 5.91. The van der Waals surface area contributed by atoms with Gasteiger partial charge in [-0.3, -0.25) is 9.80 Å². The van der Waals surface area contributed by atoms with Crippen molar-refractivity contribution >= 4 is 17.9 Å². The van der Waals surface area contributed by atoms with Crippen LogP contribution in [0.15, 0.2) is 59.7 Å². The molecule has 0 unspecified atom stereocenters. The van der Waals surface area contributed by atoms with Crippen molar-refractivity contribution in [2.75, 3.05) is 25.7 Å². The predicted molar refractivity (Wildman–Crippen MR) is 97.2 cm³/mol. The quantitative estimate of drug-likeness (QED) is 0.318. The number of likely N-dealkylation sites (N-methyl/N-ethyl adjacent to an activating group) is 1. The number of carbonyl (C=O) groups excluding carboxylic acids is 1. The van der Waals surface area contributed by atoms with Crippen LogP contribution in [0.25, 0.3) is 0 Å². The number of anilines is 1. The molecule has 0 spiro atoms. The average Bonchev–Trinajstić information content (AvgIpc) is 2.66. The Labute approximate surface area is 155 Å². The molecule has 2 aromatic rings. The number of halogens is 3. The molecule has 8 heteroatoms. The molecule has 0 bridgehead atoms. The summed E-state index contributed by atoms with van der Waals surface area (Å²) in [7, 11) is 3.11. The van der Waals surface area contributed by atoms with Gasteiger partial charge in [0.2, 0.25) is 6.41 Å². The third-order valence-corrected chi connectivity index (χ3v) is 3.74. The average molecular weight is 379 g/mol. The predicted octanol–water partition coefficient (Wildman–Crippen LogP) is 3.76. The molecule has 0 saturated heterocycles. The lowest BCUT2D eigenvalue weighted by Crippen LogP contribution is -2.32. The monoisotopic (exact) mass is 379 g/mol. The number of nitrogens with zero attached hydrogens (tertiary/aromatic N) is 3. The van der Waals surface area contributed by atoms with Crippen molar-refractivity contribution in [1.29, 1.82) is 0 Å². The number of carbonyl (C=O) groups is 1. The second-order valence-corrected chi connectivity index (χ2v) is 5.78. The number of alkyl halides is 3. The third-order valence-electron chi connectivity index (χ3n) is 3.74. The topological polar surface area (TPSA) is 45.1 Å². The number of hydrazone groups is 1. The van der Waals surface area contributed by atoms with E-state index in [1.807, 2.05) is 30.3 Å². The Kier molecular flexibility index (Phi) is 6.95. The molecule has 0 N–H and O–H groups in total. The van der Waals surface area contributed by atoms with Gasteiger partial charge < -0.3 is 9.64 Å². The number of hydrogen-bond donors (Lipinski definition) is 0. The molecule has 5 nitrogen and oxygen atoms in total. The second-order valence-electron chi connectivity index (χ2n) is 5.78. The summed E-state index contributed by atoms with van der Waals surface area (Å²) in [5.41, 5.74) is 0.685. The minimum Gasteiger partial charge on any atom is -0.369 e. The summed E-state index contributed by atoms with van der Waals surface area (Å²) in [6.45, 7) is 0.408. The molecule has 144 valence electrons. The summed E-state index contributed by atoms with van der Waals surface area (Å²) in [6, 6.07) is 14.1. The normalized spacial score (nSPS) is 12.0. The molecular formula is C19H20F3N3O2. The third kappa shape index (κ3) is 6.10. The fourth-order valence-electron chi connectivity index (χ4n) is 2.19. The maximum Gasteiger partial charge on any atom is 0.416 e. The summed E-state index contributed by atoms with van der Waals surface area (Å²) in [6.07, 6.45) is -3.81. The zero-order valence-corrected chi connectivity index (χ0v) is 15.0. The van der Waals surface area contributed by atoms with Crippen molar-refractivity contribution < 1.29 is 22.7 Å². The summed E-state index contributed by atoms with van der Waals surface area (Å²) in [4.78, 5) is 12.4. The van der Waals surface area contributed by atoms with Crippen LogP contribution in [-0.4, -0.2) is 37.8 Å². The van der Waals surface area contributed by atoms with Crippen LogP contribution in [0.2, 0.25) is 0 Å². The van der Waals surface area contributed by atoms with Crippen molar-refractivity contribution in [3.8, 4) is 0 Å². The summed E-state index contributed by atoms with van der Waals surface area (Å²) < 4.78 is 43.6. The number of hydrogen-bond acceptors (Lipinski definition) is 4. The molecule has 0 saturated carbocycles. The maximum atomic E-state index is 12.7. The molecule has 0 atom stereocenters. The fraction of sp³-hybridized carbons (Fsp3) is 0.263. The van der Waals surface area contributed by atoms with Gasteiger partial charge in [0.1, 0.15) is 6.61 Å². The number of ether oxygens (including phenoxy) is 1. The molecule has 0 aliphatic rings. The van der Waals surface area contributed by atoms with Crippen molar-refractivity contribution in [3.05, 3.63) is 65.7 Å². The van der Waals surface area contributed by atoms with Crippen LogP contribution in [-0.2, 0) is 22.3 Å². The van der Waals surface area contributed by atoms with Gasteiger partial charge in [0, 0.05) is 14.1 Å². The van der Waals surface area contributed by atoms with Gasteiger partial charge in [-0.25, -0.2) is 0 Å². The zero-order valence-electron chi connectivity index (χ0n) is 15.0. The van der Waals surface area contributed by atoms with E-state index in [4.69, 9.17) is 4.74 Å². The van der Waals surface area contributed by atoms with Gasteiger partial charge in [-0.15, -0.1) is 0 Å². The second kappa shape index (κ2) is 9.18. The molecule has 0 aliphatic carbocycles. The van der Waals surface area contributed by atoms with Crippen molar-refractivity contribution in [2.45, 2.75) is 12.8 Å². The zero-order chi connectivity index (χ0) is 19.9. The van der Waals surface area contributed by atoms with E-state index in [2.05, 4.69) is 5.10 Å². The Hall–Kier alpha value is -2.87. The van der Waals surface area contributed by atoms with Crippen LogP contribution < -0.4 is 5.01 Å². The van der Waals surface area contributed by atoms with Crippen LogP contribution in [0.1, 0.15) is 11.1 Å². The molecule has 2 rings (SSSR count). The SMILES string of the molecule is CN(C=O)/C(COCc1ccccc1)=N\N(C)c1ccc(C(F)(F)F)cc1. The van der Waals surface area contributed by atoms with Gasteiger partial charge in [-0.05, 0) is 29.8 Å². The highest BCUT2D eigenvalue weighted by atomic mass is 19.4. The lowest BCUT2D eigenvalue weighted by Gasteiger charge is -2.20. The minimum atomic E-state index is -4.39. The van der Waals surface area contributed by atoms with Crippen molar-refractivity contribution in [3.63, 3.8) is 0 Å². The van der Waals surface area contributed by atoms with Crippen LogP contribution in [0.3, 0.4) is 0 Å². The first-order valence-electron chi connectivity index (χ1n) is 8.09. The molecule has 0 aromatic heterocycles. The number of benzene rings is 2. The Balaban J connectivity index is 2.07. The highest BCUT2D eigenvalue weighted by Gasteiger charge is 2.30. The lowest BCUT2D eigenvalue weighted by molar-refractivity contribution is -0.137. The van der Waals surface area contributed by atoms with E-state index in [1.165, 1.54) is 29.1 Å². The van der Waals surface area contributed by atoms with E-state index >= 15 is 0 Å². The molecule has 27 heavy (non-hydrogen) atoms. The number of rotatable bonds is 7. The molecule has 0 heterocycles. The summed E-state index contributed by atoms with van der Waals surface area (Å²) >= 11 is 0. The van der Waals surface area contributed by atoms with Crippen molar-refractivity contribution in [1.82, 2.24) is 4.90 Å². The van der Waals surface area contributed by atoms with E-state index in [0.717, 1.165) is 17.7 Å². The first kappa shape index (κ1) is 20.4. The molecule has 0 fully saturated rings. The Morgan fingerprint density at radius 3 is 2.26 bits per heavy atom. The maximum absolute atomic E-state index is 12.7. The smallest absolute Gasteiger partial charge is 0.369 e. The fourth-order valence-corrected chi connectivity index (χ4v) is 2.19. The first-order chi connectivity index (χ1) is 12.8. The van der Waals surface area contributed by atoms with Crippen LogP contribution in [0.4, 0.5) is 18.9 Å². The molecule has 0 radical (unpaired) electrons. The first-order valence-corrected chi connectivity index (χ1v) is 8.09. The van der Waals surface area contributed by atoms with Crippen molar-refractivity contribution in [2.24, 2.45) is 5.10 Å². The summed E-state index contributed by atoms with van der Waals surface area (Å²) in [5.74, 6) is 0.323. The van der Waals surface area contributed by atoms with E-state index in [1.54, 1.807) is 7.05 Å². The molecular weight excluding hydrogens is 359 g/mol. The van der Waals surface area contributed by atoms with E-state index in [-0.39, 0.29) is 6.61 Å². The Morgan fingerprint density at radius 1 is 1.07 bits per heavy atom. The van der Waals surface area contributed by atoms with Crippen LogP contribution in [0.5, 0.6) is 0 Å². The van der Waals surface area contributed by atoms with Gasteiger partial charge in [-0.2, -0.15) is 18.3 Å². The minimum absolute atomic E-state index is 0.0646. The number of amidine groups is 1. The van der Waals surface area contributed by atoms with Crippen LogP contribution in [0, 0.1) is 0 Å². The molecule has 0 aliphatic heterocycles. The van der Waals surface area contributed by atoms with E-state index in [9.17, 15) is 18.0 Å². The number of amides is 1. The van der Waals surface area contributed by atoms with Gasteiger partial charge in [0.15, 0.2) is 5.84 Å². The molecule has 1 amide bonds. The largest absolute Gasteiger partial charge is 0.416 e. The Bertz CT molecular complexity index is 762. The van der Waals surface area contributed by atoms with Gasteiger partial charge in [0.25, 0.3) is 0 Å². The highest BCUT2D eigenvalue weighted by Crippen LogP contribution is 2.30. The van der Waals surface area contributed by atoms with E-state index in [0.29, 0.717) is 24.5 Å². The molecule has 2 aromatic carbocycles. The van der Waals surface area contributed by atoms with Gasteiger partial charge in [-0.1, -0.05) is 30.3 Å². The van der Waals surface area contributed by atoms with Gasteiger partial charge in [0.05, 0.1) is 17.9 Å². The van der Waals surface area contributed by atoms with Crippen LogP contribution >= 0.6 is 0 Å². The lowest BCUT2D eigenvalue weighted by atomic mass is 10.2. The van der Waals surface area contributed by atoms with E-state index < -0.39 is 11.7 Å². The summed E-state index contributed by atoms with van der Waals surface area (Å²) in [5, 5.41) is 5.67. The Morgan fingerprint density at radius 2 is 1.70 bits per heavy atom. The standard InChI is InChI=1S/C19H20F3N3O2/c1-24(14-26)18(13-27-12-15-6-4-3-5-7-15)23-25(2)17-10-8-16(9-11-17)19(20,21)22/h3-11,14H,12-13H2,1-2H3/b23-18-.